The summed E-state index contributed by atoms with van der Waals surface area (Å²) < 4.78 is 42.6. The van der Waals surface area contributed by atoms with Gasteiger partial charge in [0.2, 0.25) is 0 Å². The summed E-state index contributed by atoms with van der Waals surface area (Å²) in [6.45, 7) is 7.92. The van der Waals surface area contributed by atoms with Gasteiger partial charge in [-0.2, -0.15) is 13.2 Å². The fourth-order valence-corrected chi connectivity index (χ4v) is 2.76. The summed E-state index contributed by atoms with van der Waals surface area (Å²) in [6, 6.07) is 3.86. The molecule has 9 heteroatoms. The van der Waals surface area contributed by atoms with Gasteiger partial charge in [-0.3, -0.25) is 4.79 Å². The molecule has 2 rings (SSSR count). The van der Waals surface area contributed by atoms with Crippen molar-refractivity contribution >= 4 is 23.3 Å². The maximum absolute atomic E-state index is 13.7. The van der Waals surface area contributed by atoms with Gasteiger partial charge in [0.25, 0.3) is 5.56 Å². The minimum Gasteiger partial charge on any atom is -0.365 e. The molecule has 162 valence electrons. The predicted molar refractivity (Wildman–Crippen MR) is 114 cm³/mol. The van der Waals surface area contributed by atoms with Crippen molar-refractivity contribution in [3.05, 3.63) is 58.3 Å². The maximum atomic E-state index is 13.7. The molecule has 2 aromatic heterocycles. The summed E-state index contributed by atoms with van der Waals surface area (Å²) in [7, 11) is 0. The SMILES string of the molecule is CCCn1cc(N/C=C(\C=N)c2cnc(NC(C)(C)C)cc2C(F)(F)F)ccc1=O. The Kier molecular flexibility index (Phi) is 7.07. The van der Waals surface area contributed by atoms with Gasteiger partial charge in [-0.05, 0) is 39.3 Å². The Hall–Kier alpha value is -3.10. The van der Waals surface area contributed by atoms with Gasteiger partial charge in [0.05, 0.1) is 11.3 Å². The Morgan fingerprint density at radius 3 is 2.53 bits per heavy atom. The number of aryl methyl sites for hydroxylation is 1. The Bertz CT molecular complexity index is 987. The molecule has 30 heavy (non-hydrogen) atoms. The Labute approximate surface area is 173 Å². The second kappa shape index (κ2) is 9.15. The second-order valence-corrected chi connectivity index (χ2v) is 7.83. The first-order chi connectivity index (χ1) is 13.9. The van der Waals surface area contributed by atoms with E-state index in [4.69, 9.17) is 5.41 Å². The number of pyridine rings is 2. The highest BCUT2D eigenvalue weighted by atomic mass is 19.4. The lowest BCUT2D eigenvalue weighted by Crippen LogP contribution is -2.27. The third-order valence-electron chi connectivity index (χ3n) is 4.02. The van der Waals surface area contributed by atoms with E-state index in [1.54, 1.807) is 6.20 Å². The van der Waals surface area contributed by atoms with Gasteiger partial charge in [0, 0.05) is 54.1 Å². The molecule has 6 nitrogen and oxygen atoms in total. The third-order valence-corrected chi connectivity index (χ3v) is 4.02. The second-order valence-electron chi connectivity index (χ2n) is 7.83. The first-order valence-corrected chi connectivity index (χ1v) is 9.48. The van der Waals surface area contributed by atoms with Crippen LogP contribution in [0, 0.1) is 5.41 Å². The lowest BCUT2D eigenvalue weighted by Gasteiger charge is -2.23. The van der Waals surface area contributed by atoms with Crippen LogP contribution in [0.5, 0.6) is 0 Å². The van der Waals surface area contributed by atoms with E-state index >= 15 is 0 Å². The van der Waals surface area contributed by atoms with Crippen molar-refractivity contribution in [2.75, 3.05) is 10.6 Å². The summed E-state index contributed by atoms with van der Waals surface area (Å²) in [4.78, 5) is 15.9. The van der Waals surface area contributed by atoms with Crippen molar-refractivity contribution in [1.29, 1.82) is 5.41 Å². The number of nitrogens with one attached hydrogen (secondary N) is 3. The van der Waals surface area contributed by atoms with Crippen LogP contribution in [0.2, 0.25) is 0 Å². The first kappa shape index (κ1) is 23.2. The molecule has 2 aromatic rings. The van der Waals surface area contributed by atoms with Gasteiger partial charge in [0.15, 0.2) is 0 Å². The molecule has 0 aliphatic rings. The van der Waals surface area contributed by atoms with Gasteiger partial charge in [-0.25, -0.2) is 4.98 Å². The zero-order chi connectivity index (χ0) is 22.5. The number of hydrogen-bond acceptors (Lipinski definition) is 5. The van der Waals surface area contributed by atoms with E-state index < -0.39 is 17.3 Å². The minimum atomic E-state index is -4.62. The van der Waals surface area contributed by atoms with Crippen LogP contribution in [0.1, 0.15) is 45.2 Å². The Morgan fingerprint density at radius 1 is 1.27 bits per heavy atom. The van der Waals surface area contributed by atoms with Crippen molar-refractivity contribution in [3.63, 3.8) is 0 Å². The highest BCUT2D eigenvalue weighted by Gasteiger charge is 2.35. The fourth-order valence-electron chi connectivity index (χ4n) is 2.76. The van der Waals surface area contributed by atoms with Crippen LogP contribution in [0.4, 0.5) is 24.7 Å². The fraction of sp³-hybridized carbons (Fsp3) is 0.381. The quantitative estimate of drug-likeness (QED) is 0.551. The molecule has 0 radical (unpaired) electrons. The molecule has 0 unspecified atom stereocenters. The van der Waals surface area contributed by atoms with Crippen LogP contribution in [-0.4, -0.2) is 21.3 Å². The van der Waals surface area contributed by atoms with Crippen LogP contribution in [0.25, 0.3) is 5.57 Å². The van der Waals surface area contributed by atoms with E-state index in [9.17, 15) is 18.0 Å². The topological polar surface area (TPSA) is 82.8 Å². The zero-order valence-corrected chi connectivity index (χ0v) is 17.4. The Morgan fingerprint density at radius 2 is 1.97 bits per heavy atom. The van der Waals surface area contributed by atoms with Gasteiger partial charge in [-0.15, -0.1) is 0 Å². The lowest BCUT2D eigenvalue weighted by atomic mass is 10.0. The van der Waals surface area contributed by atoms with Gasteiger partial charge in [-0.1, -0.05) is 6.92 Å². The number of aromatic nitrogens is 2. The van der Waals surface area contributed by atoms with Crippen LogP contribution in [0.3, 0.4) is 0 Å². The van der Waals surface area contributed by atoms with E-state index in [1.165, 1.54) is 22.9 Å². The molecule has 2 heterocycles. The molecule has 3 N–H and O–H groups in total. The average Bonchev–Trinajstić information content (AvgIpc) is 2.63. The minimum absolute atomic E-state index is 0.00498. The van der Waals surface area contributed by atoms with Gasteiger partial charge >= 0.3 is 6.18 Å². The molecule has 0 spiro atoms. The molecule has 0 fully saturated rings. The van der Waals surface area contributed by atoms with E-state index in [-0.39, 0.29) is 22.5 Å². The molecule has 0 atom stereocenters. The number of allylic oxidation sites excluding steroid dienone is 1. The standard InChI is InChI=1S/C21H26F3N5O/c1-5-8-29-13-15(6-7-19(29)30)26-11-14(10-25)16-12-27-18(28-20(2,3)4)9-17(16)21(22,23)24/h6-7,9-13,25-26H,5,8H2,1-4H3,(H,27,28)/b14-11+,25-10?. The Balaban J connectivity index is 2.43. The summed E-state index contributed by atoms with van der Waals surface area (Å²) in [6.07, 6.45) is 0.963. The van der Waals surface area contributed by atoms with E-state index in [0.717, 1.165) is 24.9 Å². The normalized spacial score (nSPS) is 12.6. The predicted octanol–water partition coefficient (Wildman–Crippen LogP) is 4.99. The monoisotopic (exact) mass is 421 g/mol. The molecule has 0 saturated heterocycles. The number of alkyl halides is 3. The third kappa shape index (κ3) is 6.20. The van der Waals surface area contributed by atoms with E-state index in [0.29, 0.717) is 12.2 Å². The van der Waals surface area contributed by atoms with Gasteiger partial charge < -0.3 is 20.6 Å². The van der Waals surface area contributed by atoms with Crippen molar-refractivity contribution in [1.82, 2.24) is 9.55 Å². The number of hydrogen-bond donors (Lipinski definition) is 3. The molecule has 0 amide bonds. The van der Waals surface area contributed by atoms with Crippen molar-refractivity contribution in [3.8, 4) is 0 Å². The molecule has 0 aromatic carbocycles. The van der Waals surface area contributed by atoms with Crippen LogP contribution in [0.15, 0.2) is 41.6 Å². The number of anilines is 2. The van der Waals surface area contributed by atoms with E-state index in [1.807, 2.05) is 27.7 Å². The highest BCUT2D eigenvalue weighted by molar-refractivity contribution is 6.09. The summed E-state index contributed by atoms with van der Waals surface area (Å²) >= 11 is 0. The molecule has 0 saturated carbocycles. The lowest BCUT2D eigenvalue weighted by molar-refractivity contribution is -0.137. The molecule has 0 aliphatic carbocycles. The number of rotatable bonds is 7. The summed E-state index contributed by atoms with van der Waals surface area (Å²) in [5.74, 6) is 0.0995. The van der Waals surface area contributed by atoms with Crippen LogP contribution in [-0.2, 0) is 12.7 Å². The molecule has 0 bridgehead atoms. The van der Waals surface area contributed by atoms with Crippen LogP contribution < -0.4 is 16.2 Å². The largest absolute Gasteiger partial charge is 0.417 e. The van der Waals surface area contributed by atoms with Crippen molar-refractivity contribution < 1.29 is 13.2 Å². The smallest absolute Gasteiger partial charge is 0.365 e. The number of nitrogens with zero attached hydrogens (tertiary/aromatic N) is 2. The number of halogens is 3. The summed E-state index contributed by atoms with van der Waals surface area (Å²) in [5, 5.41) is 13.4. The van der Waals surface area contributed by atoms with Crippen LogP contribution >= 0.6 is 0 Å². The van der Waals surface area contributed by atoms with Crippen molar-refractivity contribution in [2.45, 2.75) is 52.4 Å². The first-order valence-electron chi connectivity index (χ1n) is 9.48. The zero-order valence-electron chi connectivity index (χ0n) is 17.4. The van der Waals surface area contributed by atoms with E-state index in [2.05, 4.69) is 15.6 Å². The van der Waals surface area contributed by atoms with Crippen molar-refractivity contribution in [2.24, 2.45) is 0 Å². The molecule has 0 aliphatic heterocycles. The highest BCUT2D eigenvalue weighted by Crippen LogP contribution is 2.36. The van der Waals surface area contributed by atoms with Gasteiger partial charge in [0.1, 0.15) is 5.82 Å². The molecular weight excluding hydrogens is 395 g/mol. The maximum Gasteiger partial charge on any atom is 0.417 e. The summed E-state index contributed by atoms with van der Waals surface area (Å²) in [5.41, 5.74) is -1.20. The molecular formula is C21H26F3N5O. The average molecular weight is 421 g/mol.